The number of phenolic OH excluding ortho intramolecular Hbond substituents is 1. The van der Waals surface area contributed by atoms with E-state index in [-0.39, 0.29) is 11.8 Å². The van der Waals surface area contributed by atoms with Gasteiger partial charge in [0.05, 0.1) is 6.04 Å². The third kappa shape index (κ3) is 2.83. The van der Waals surface area contributed by atoms with Gasteiger partial charge in [0.2, 0.25) is 0 Å². The van der Waals surface area contributed by atoms with Crippen LogP contribution in [0.1, 0.15) is 38.4 Å². The first-order valence-electron chi connectivity index (χ1n) is 6.17. The third-order valence-corrected chi connectivity index (χ3v) is 2.87. The topological polar surface area (TPSA) is 50.1 Å². The highest BCUT2D eigenvalue weighted by molar-refractivity contribution is 5.38. The number of phenols is 1. The third-order valence-electron chi connectivity index (χ3n) is 2.87. The molecule has 0 radical (unpaired) electrons. The molecule has 96 valence electrons. The monoisotopic (exact) mass is 245 g/mol. The fraction of sp³-hybridized carbons (Fsp3) is 0.357. The van der Waals surface area contributed by atoms with Crippen LogP contribution in [-0.2, 0) is 0 Å². The molecule has 18 heavy (non-hydrogen) atoms. The van der Waals surface area contributed by atoms with Crippen LogP contribution in [0.4, 0.5) is 5.82 Å². The number of hydrogen-bond donors (Lipinski definition) is 2. The van der Waals surface area contributed by atoms with Crippen molar-refractivity contribution in [3.63, 3.8) is 0 Å². The molecule has 0 saturated carbocycles. The van der Waals surface area contributed by atoms with Gasteiger partial charge in [-0.3, -0.25) is 4.68 Å². The second kappa shape index (κ2) is 5.12. The van der Waals surface area contributed by atoms with Gasteiger partial charge in [-0.15, -0.1) is 0 Å². The molecule has 1 aromatic carbocycles. The zero-order valence-electron chi connectivity index (χ0n) is 11.0. The summed E-state index contributed by atoms with van der Waals surface area (Å²) in [5.41, 5.74) is 1.04. The Labute approximate surface area is 107 Å². The Bertz CT molecular complexity index is 519. The Morgan fingerprint density at radius 1 is 1.22 bits per heavy atom. The number of rotatable bonds is 4. The molecule has 0 saturated heterocycles. The van der Waals surface area contributed by atoms with Crippen LogP contribution in [0.3, 0.4) is 0 Å². The molecule has 1 aromatic heterocycles. The smallest absolute Gasteiger partial charge is 0.148 e. The molecular formula is C14H19N3O. The van der Waals surface area contributed by atoms with E-state index in [2.05, 4.69) is 24.3 Å². The lowest BCUT2D eigenvalue weighted by Gasteiger charge is -2.14. The molecule has 2 N–H and O–H groups in total. The molecular weight excluding hydrogens is 226 g/mol. The van der Waals surface area contributed by atoms with Crippen LogP contribution in [0.2, 0.25) is 0 Å². The number of benzene rings is 1. The van der Waals surface area contributed by atoms with Crippen molar-refractivity contribution in [1.29, 1.82) is 0 Å². The molecule has 0 amide bonds. The minimum Gasteiger partial charge on any atom is -0.508 e. The second-order valence-corrected chi connectivity index (χ2v) is 4.74. The summed E-state index contributed by atoms with van der Waals surface area (Å²) in [5, 5.41) is 17.2. The summed E-state index contributed by atoms with van der Waals surface area (Å²) in [6.07, 6.45) is 1.96. The maximum atomic E-state index is 9.46. The summed E-state index contributed by atoms with van der Waals surface area (Å²) in [5.74, 6) is 1.13. The van der Waals surface area contributed by atoms with Gasteiger partial charge in [-0.25, -0.2) is 0 Å². The van der Waals surface area contributed by atoms with E-state index in [1.54, 1.807) is 12.1 Å². The van der Waals surface area contributed by atoms with Gasteiger partial charge in [0.15, 0.2) is 0 Å². The van der Waals surface area contributed by atoms with E-state index >= 15 is 0 Å². The minimum atomic E-state index is 0.104. The van der Waals surface area contributed by atoms with Crippen molar-refractivity contribution in [3.8, 4) is 5.75 Å². The summed E-state index contributed by atoms with van der Waals surface area (Å²) in [6.45, 7) is 6.23. The van der Waals surface area contributed by atoms with Crippen LogP contribution in [0.25, 0.3) is 0 Å². The molecule has 0 spiro atoms. The molecule has 1 atom stereocenters. The van der Waals surface area contributed by atoms with Gasteiger partial charge >= 0.3 is 0 Å². The Morgan fingerprint density at radius 2 is 2.00 bits per heavy atom. The Hall–Kier alpha value is -1.97. The maximum Gasteiger partial charge on any atom is 0.148 e. The van der Waals surface area contributed by atoms with E-state index < -0.39 is 0 Å². The molecule has 2 rings (SSSR count). The van der Waals surface area contributed by atoms with Gasteiger partial charge in [-0.1, -0.05) is 12.1 Å². The van der Waals surface area contributed by atoms with E-state index in [0.29, 0.717) is 6.04 Å². The molecule has 1 unspecified atom stereocenters. The number of aromatic nitrogens is 2. The number of nitrogens with one attached hydrogen (secondary N) is 1. The molecule has 0 aliphatic rings. The van der Waals surface area contributed by atoms with Gasteiger partial charge in [0, 0.05) is 18.3 Å². The average molecular weight is 245 g/mol. The van der Waals surface area contributed by atoms with Crippen molar-refractivity contribution in [2.24, 2.45) is 0 Å². The molecule has 0 aliphatic heterocycles. The average Bonchev–Trinajstić information content (AvgIpc) is 2.77. The largest absolute Gasteiger partial charge is 0.508 e. The van der Waals surface area contributed by atoms with E-state index in [0.717, 1.165) is 11.4 Å². The standard InChI is InChI=1S/C14H19N3O/c1-10(2)17-8-7-14(16-17)15-11(3)12-5-4-6-13(18)9-12/h4-11,18H,1-3H3,(H,15,16). The lowest BCUT2D eigenvalue weighted by molar-refractivity contribution is 0.474. The molecule has 4 heteroatoms. The molecule has 0 bridgehead atoms. The number of anilines is 1. The van der Waals surface area contributed by atoms with Crippen LogP contribution in [0.5, 0.6) is 5.75 Å². The van der Waals surface area contributed by atoms with E-state index in [1.807, 2.05) is 36.0 Å². The van der Waals surface area contributed by atoms with Crippen LogP contribution < -0.4 is 5.32 Å². The van der Waals surface area contributed by atoms with Crippen molar-refractivity contribution in [1.82, 2.24) is 9.78 Å². The van der Waals surface area contributed by atoms with E-state index in [9.17, 15) is 5.11 Å². The normalized spacial score (nSPS) is 12.7. The quantitative estimate of drug-likeness (QED) is 0.868. The Morgan fingerprint density at radius 3 is 2.61 bits per heavy atom. The number of aromatic hydroxyl groups is 1. The van der Waals surface area contributed by atoms with Gasteiger partial charge < -0.3 is 10.4 Å². The van der Waals surface area contributed by atoms with Crippen molar-refractivity contribution >= 4 is 5.82 Å². The predicted molar refractivity (Wildman–Crippen MR) is 72.8 cm³/mol. The van der Waals surface area contributed by atoms with Gasteiger partial charge in [0.25, 0.3) is 0 Å². The van der Waals surface area contributed by atoms with Crippen molar-refractivity contribution in [2.75, 3.05) is 5.32 Å². The van der Waals surface area contributed by atoms with Crippen molar-refractivity contribution in [3.05, 3.63) is 42.1 Å². The molecule has 2 aromatic rings. The summed E-state index contributed by atoms with van der Waals surface area (Å²) in [6, 6.07) is 9.68. The highest BCUT2D eigenvalue weighted by Gasteiger charge is 2.08. The van der Waals surface area contributed by atoms with Gasteiger partial charge in [-0.05, 0) is 38.5 Å². The Balaban J connectivity index is 2.08. The molecule has 0 aliphatic carbocycles. The summed E-state index contributed by atoms with van der Waals surface area (Å²) < 4.78 is 1.91. The minimum absolute atomic E-state index is 0.104. The van der Waals surface area contributed by atoms with Gasteiger partial charge in [-0.2, -0.15) is 5.10 Å². The maximum absolute atomic E-state index is 9.46. The summed E-state index contributed by atoms with van der Waals surface area (Å²) in [4.78, 5) is 0. The first kappa shape index (κ1) is 12.5. The molecule has 1 heterocycles. The van der Waals surface area contributed by atoms with Crippen molar-refractivity contribution < 1.29 is 5.11 Å². The van der Waals surface area contributed by atoms with Gasteiger partial charge in [0.1, 0.15) is 11.6 Å². The van der Waals surface area contributed by atoms with E-state index in [1.165, 1.54) is 0 Å². The first-order valence-corrected chi connectivity index (χ1v) is 6.17. The number of nitrogens with zero attached hydrogens (tertiary/aromatic N) is 2. The first-order chi connectivity index (χ1) is 8.56. The molecule has 0 fully saturated rings. The second-order valence-electron chi connectivity index (χ2n) is 4.74. The van der Waals surface area contributed by atoms with Crippen LogP contribution in [-0.4, -0.2) is 14.9 Å². The van der Waals surface area contributed by atoms with Crippen LogP contribution in [0.15, 0.2) is 36.5 Å². The fourth-order valence-electron chi connectivity index (χ4n) is 1.80. The Kier molecular flexibility index (Phi) is 3.55. The predicted octanol–water partition coefficient (Wildman–Crippen LogP) is 3.34. The highest BCUT2D eigenvalue weighted by Crippen LogP contribution is 2.21. The zero-order valence-corrected chi connectivity index (χ0v) is 11.0. The number of hydrogen-bond acceptors (Lipinski definition) is 3. The van der Waals surface area contributed by atoms with E-state index in [4.69, 9.17) is 0 Å². The van der Waals surface area contributed by atoms with Crippen LogP contribution in [0, 0.1) is 0 Å². The summed E-state index contributed by atoms with van der Waals surface area (Å²) >= 11 is 0. The SMILES string of the molecule is CC(Nc1ccn(C(C)C)n1)c1cccc(O)c1. The van der Waals surface area contributed by atoms with Crippen LogP contribution >= 0.6 is 0 Å². The fourth-order valence-corrected chi connectivity index (χ4v) is 1.80. The summed E-state index contributed by atoms with van der Waals surface area (Å²) in [7, 11) is 0. The molecule has 4 nitrogen and oxygen atoms in total. The zero-order chi connectivity index (χ0) is 13.1. The lowest BCUT2D eigenvalue weighted by Crippen LogP contribution is -2.08. The van der Waals surface area contributed by atoms with Crippen molar-refractivity contribution in [2.45, 2.75) is 32.9 Å². The lowest BCUT2D eigenvalue weighted by atomic mass is 10.1. The highest BCUT2D eigenvalue weighted by atomic mass is 16.3.